The Kier molecular flexibility index (Phi) is 4.42. The molecule has 20 heavy (non-hydrogen) atoms. The Morgan fingerprint density at radius 2 is 1.85 bits per heavy atom. The van der Waals surface area contributed by atoms with Crippen molar-refractivity contribution in [3.63, 3.8) is 0 Å². The van der Waals surface area contributed by atoms with Gasteiger partial charge in [-0.3, -0.25) is 10.1 Å². The Morgan fingerprint density at radius 3 is 2.50 bits per heavy atom. The number of nitrogens with zero attached hydrogens (tertiary/aromatic N) is 1. The number of aliphatic hydroxyl groups is 1. The van der Waals surface area contributed by atoms with Gasteiger partial charge in [0.15, 0.2) is 0 Å². The summed E-state index contributed by atoms with van der Waals surface area (Å²) >= 11 is 0. The van der Waals surface area contributed by atoms with Gasteiger partial charge in [-0.25, -0.2) is 0 Å². The van der Waals surface area contributed by atoms with E-state index in [1.165, 1.54) is 12.1 Å². The normalized spacial score (nSPS) is 12.1. The highest BCUT2D eigenvalue weighted by Crippen LogP contribution is 2.24. The van der Waals surface area contributed by atoms with Gasteiger partial charge < -0.3 is 5.11 Å². The first-order chi connectivity index (χ1) is 9.59. The van der Waals surface area contributed by atoms with Gasteiger partial charge in [0, 0.05) is 6.07 Å². The Labute approximate surface area is 115 Å². The largest absolute Gasteiger partial charge is 0.388 e. The molecule has 0 spiro atoms. The van der Waals surface area contributed by atoms with Crippen molar-refractivity contribution in [1.82, 2.24) is 0 Å². The second-order valence-corrected chi connectivity index (χ2v) is 4.47. The molecule has 0 bridgehead atoms. The SMILES string of the molecule is O=[N+]([O-])c1cccc(CCC(O)c2ccccc2)c1F. The van der Waals surface area contributed by atoms with E-state index in [9.17, 15) is 19.6 Å². The number of aliphatic hydroxyl groups excluding tert-OH is 1. The topological polar surface area (TPSA) is 63.4 Å². The summed E-state index contributed by atoms with van der Waals surface area (Å²) in [4.78, 5) is 9.91. The molecule has 0 radical (unpaired) electrons. The van der Waals surface area contributed by atoms with Crippen molar-refractivity contribution in [3.8, 4) is 0 Å². The minimum absolute atomic E-state index is 0.240. The van der Waals surface area contributed by atoms with Gasteiger partial charge in [-0.1, -0.05) is 42.5 Å². The smallest absolute Gasteiger partial charge is 0.305 e. The first-order valence-electron chi connectivity index (χ1n) is 6.24. The third-order valence-corrected chi connectivity index (χ3v) is 3.13. The molecule has 2 aromatic carbocycles. The maximum atomic E-state index is 13.9. The van der Waals surface area contributed by atoms with Gasteiger partial charge in [0.1, 0.15) is 0 Å². The monoisotopic (exact) mass is 275 g/mol. The van der Waals surface area contributed by atoms with Crippen LogP contribution < -0.4 is 0 Å². The van der Waals surface area contributed by atoms with E-state index in [1.807, 2.05) is 18.2 Å². The van der Waals surface area contributed by atoms with Crippen LogP contribution in [0.25, 0.3) is 0 Å². The fourth-order valence-corrected chi connectivity index (χ4v) is 2.03. The molecule has 0 saturated heterocycles. The molecule has 1 unspecified atom stereocenters. The molecule has 0 aliphatic heterocycles. The molecule has 2 rings (SSSR count). The highest BCUT2D eigenvalue weighted by atomic mass is 19.1. The van der Waals surface area contributed by atoms with Crippen molar-refractivity contribution < 1.29 is 14.4 Å². The van der Waals surface area contributed by atoms with Crippen LogP contribution in [0.5, 0.6) is 0 Å². The van der Waals surface area contributed by atoms with E-state index in [-0.39, 0.29) is 12.0 Å². The molecule has 104 valence electrons. The molecule has 1 N–H and O–H groups in total. The molecule has 4 nitrogen and oxygen atoms in total. The molecule has 0 saturated carbocycles. The number of rotatable bonds is 5. The molecule has 2 aromatic rings. The molecule has 0 aromatic heterocycles. The van der Waals surface area contributed by atoms with Crippen LogP contribution in [0.1, 0.15) is 23.7 Å². The molecule has 0 amide bonds. The quantitative estimate of drug-likeness (QED) is 0.672. The summed E-state index contributed by atoms with van der Waals surface area (Å²) < 4.78 is 13.9. The van der Waals surface area contributed by atoms with E-state index in [0.717, 1.165) is 11.6 Å². The second-order valence-electron chi connectivity index (χ2n) is 4.47. The molecular formula is C15H14FNO3. The second kappa shape index (κ2) is 6.25. The zero-order valence-electron chi connectivity index (χ0n) is 10.7. The fraction of sp³-hybridized carbons (Fsp3) is 0.200. The highest BCUT2D eigenvalue weighted by molar-refractivity contribution is 5.36. The van der Waals surface area contributed by atoms with E-state index in [4.69, 9.17) is 0 Å². The van der Waals surface area contributed by atoms with Gasteiger partial charge in [-0.2, -0.15) is 4.39 Å². The van der Waals surface area contributed by atoms with Crippen LogP contribution in [-0.2, 0) is 6.42 Å². The molecule has 0 aliphatic carbocycles. The Morgan fingerprint density at radius 1 is 1.15 bits per heavy atom. The van der Waals surface area contributed by atoms with Crippen LogP contribution in [0.4, 0.5) is 10.1 Å². The summed E-state index contributed by atoms with van der Waals surface area (Å²) in [7, 11) is 0. The Balaban J connectivity index is 2.08. The van der Waals surface area contributed by atoms with Gasteiger partial charge in [0.25, 0.3) is 0 Å². The Bertz CT molecular complexity index is 601. The fourth-order valence-electron chi connectivity index (χ4n) is 2.03. The first-order valence-corrected chi connectivity index (χ1v) is 6.24. The predicted molar refractivity (Wildman–Crippen MR) is 72.8 cm³/mol. The summed E-state index contributed by atoms with van der Waals surface area (Å²) in [5.74, 6) is -0.822. The van der Waals surface area contributed by atoms with Crippen molar-refractivity contribution in [2.75, 3.05) is 0 Å². The van der Waals surface area contributed by atoms with Crippen LogP contribution in [0.3, 0.4) is 0 Å². The molecule has 1 atom stereocenters. The van der Waals surface area contributed by atoms with Gasteiger partial charge in [0.2, 0.25) is 5.82 Å². The molecule has 0 aliphatic rings. The van der Waals surface area contributed by atoms with E-state index in [2.05, 4.69) is 0 Å². The number of aryl methyl sites for hydroxylation is 1. The van der Waals surface area contributed by atoms with Crippen LogP contribution in [-0.4, -0.2) is 10.0 Å². The minimum atomic E-state index is -0.822. The first kappa shape index (κ1) is 14.1. The summed E-state index contributed by atoms with van der Waals surface area (Å²) in [6, 6.07) is 13.1. The standard InChI is InChI=1S/C15H14FNO3/c16-15-12(7-4-8-13(15)17(19)20)9-10-14(18)11-5-2-1-3-6-11/h1-8,14,18H,9-10H2. The summed E-state index contributed by atoms with van der Waals surface area (Å²) in [5, 5.41) is 20.6. The molecule has 0 heterocycles. The Hall–Kier alpha value is -2.27. The number of nitro benzene ring substituents is 1. The van der Waals surface area contributed by atoms with Gasteiger partial charge >= 0.3 is 5.69 Å². The summed E-state index contributed by atoms with van der Waals surface area (Å²) in [6.45, 7) is 0. The number of hydrogen-bond acceptors (Lipinski definition) is 3. The van der Waals surface area contributed by atoms with E-state index >= 15 is 0 Å². The zero-order chi connectivity index (χ0) is 14.5. The van der Waals surface area contributed by atoms with E-state index in [1.54, 1.807) is 12.1 Å². The molecule has 0 fully saturated rings. The lowest BCUT2D eigenvalue weighted by atomic mass is 10.0. The number of benzene rings is 2. The third-order valence-electron chi connectivity index (χ3n) is 3.13. The predicted octanol–water partition coefficient (Wildman–Crippen LogP) is 3.40. The maximum Gasteiger partial charge on any atom is 0.305 e. The van der Waals surface area contributed by atoms with Crippen molar-refractivity contribution in [2.45, 2.75) is 18.9 Å². The zero-order valence-corrected chi connectivity index (χ0v) is 10.7. The van der Waals surface area contributed by atoms with Gasteiger partial charge in [-0.15, -0.1) is 0 Å². The van der Waals surface area contributed by atoms with Crippen molar-refractivity contribution in [3.05, 3.63) is 75.6 Å². The minimum Gasteiger partial charge on any atom is -0.388 e. The average Bonchev–Trinajstić information content (AvgIpc) is 2.46. The maximum absolute atomic E-state index is 13.9. The van der Waals surface area contributed by atoms with Crippen LogP contribution in [0.2, 0.25) is 0 Å². The third kappa shape index (κ3) is 3.19. The average molecular weight is 275 g/mol. The lowest BCUT2D eigenvalue weighted by Crippen LogP contribution is -2.02. The van der Waals surface area contributed by atoms with Crippen LogP contribution in [0, 0.1) is 15.9 Å². The summed E-state index contributed by atoms with van der Waals surface area (Å²) in [6.07, 6.45) is -0.166. The van der Waals surface area contributed by atoms with Gasteiger partial charge in [-0.05, 0) is 24.0 Å². The van der Waals surface area contributed by atoms with Crippen LogP contribution >= 0.6 is 0 Å². The lowest BCUT2D eigenvalue weighted by Gasteiger charge is -2.11. The number of halogens is 1. The van der Waals surface area contributed by atoms with Crippen molar-refractivity contribution in [1.29, 1.82) is 0 Å². The van der Waals surface area contributed by atoms with Crippen molar-refractivity contribution >= 4 is 5.69 Å². The van der Waals surface area contributed by atoms with Gasteiger partial charge in [0.05, 0.1) is 11.0 Å². The number of nitro groups is 1. The van der Waals surface area contributed by atoms with Crippen LogP contribution in [0.15, 0.2) is 48.5 Å². The highest BCUT2D eigenvalue weighted by Gasteiger charge is 2.18. The van der Waals surface area contributed by atoms with E-state index < -0.39 is 22.5 Å². The van der Waals surface area contributed by atoms with Crippen molar-refractivity contribution in [2.24, 2.45) is 0 Å². The molecular weight excluding hydrogens is 261 g/mol. The lowest BCUT2D eigenvalue weighted by molar-refractivity contribution is -0.387. The molecule has 5 heteroatoms. The number of hydrogen-bond donors (Lipinski definition) is 1. The summed E-state index contributed by atoms with van der Waals surface area (Å²) in [5.41, 5.74) is 0.462. The van der Waals surface area contributed by atoms with E-state index in [0.29, 0.717) is 6.42 Å².